The van der Waals surface area contributed by atoms with E-state index in [1.165, 1.54) is 6.21 Å². The van der Waals surface area contributed by atoms with Gasteiger partial charge in [0.15, 0.2) is 0 Å². The Bertz CT molecular complexity index is 857. The molecule has 126 valence electrons. The van der Waals surface area contributed by atoms with Gasteiger partial charge in [0.25, 0.3) is 5.91 Å². The van der Waals surface area contributed by atoms with Crippen molar-refractivity contribution in [2.75, 3.05) is 6.61 Å². The summed E-state index contributed by atoms with van der Waals surface area (Å²) in [5, 5.41) is 10.7. The lowest BCUT2D eigenvalue weighted by Gasteiger charge is -2.02. The van der Waals surface area contributed by atoms with Gasteiger partial charge in [-0.2, -0.15) is 10.2 Å². The molecule has 0 aliphatic heterocycles. The monoisotopic (exact) mass is 335 g/mol. The maximum Gasteiger partial charge on any atom is 0.289 e. The highest BCUT2D eigenvalue weighted by Crippen LogP contribution is 2.21. The van der Waals surface area contributed by atoms with Crippen molar-refractivity contribution in [3.63, 3.8) is 0 Å². The molecule has 2 aromatic heterocycles. The van der Waals surface area contributed by atoms with Crippen LogP contribution in [-0.4, -0.2) is 33.9 Å². The molecule has 0 unspecified atom stereocenters. The molecule has 0 aliphatic carbocycles. The first-order valence-electron chi connectivity index (χ1n) is 7.79. The number of benzene rings is 1. The van der Waals surface area contributed by atoms with Gasteiger partial charge in [0.1, 0.15) is 11.4 Å². The summed E-state index contributed by atoms with van der Waals surface area (Å²) < 4.78 is 5.41. The Labute approximate surface area is 144 Å². The van der Waals surface area contributed by atoms with Crippen LogP contribution in [0.1, 0.15) is 23.1 Å². The first-order chi connectivity index (χ1) is 12.3. The van der Waals surface area contributed by atoms with E-state index in [4.69, 9.17) is 4.74 Å². The van der Waals surface area contributed by atoms with Gasteiger partial charge < -0.3 is 4.74 Å². The molecule has 2 heterocycles. The molecule has 7 heteroatoms. The van der Waals surface area contributed by atoms with E-state index in [-0.39, 0.29) is 5.91 Å². The third kappa shape index (κ3) is 4.29. The molecule has 1 amide bonds. The Balaban J connectivity index is 1.64. The average molecular weight is 335 g/mol. The van der Waals surface area contributed by atoms with E-state index >= 15 is 0 Å². The summed E-state index contributed by atoms with van der Waals surface area (Å²) in [5.41, 5.74) is 4.97. The van der Waals surface area contributed by atoms with Crippen molar-refractivity contribution in [1.29, 1.82) is 0 Å². The quantitative estimate of drug-likeness (QED) is 0.535. The number of amides is 1. The van der Waals surface area contributed by atoms with E-state index in [0.29, 0.717) is 23.7 Å². The predicted molar refractivity (Wildman–Crippen MR) is 94.5 cm³/mol. The zero-order valence-corrected chi connectivity index (χ0v) is 13.6. The fourth-order valence-corrected chi connectivity index (χ4v) is 2.14. The molecule has 0 fully saturated rings. The number of carbonyl (C=O) groups excluding carboxylic acids is 1. The Hall–Kier alpha value is -3.48. The third-order valence-electron chi connectivity index (χ3n) is 3.33. The number of aromatic nitrogens is 3. The zero-order valence-electron chi connectivity index (χ0n) is 13.6. The molecule has 3 aromatic rings. The third-order valence-corrected chi connectivity index (χ3v) is 3.33. The summed E-state index contributed by atoms with van der Waals surface area (Å²) in [5.74, 6) is 0.417. The first-order valence-corrected chi connectivity index (χ1v) is 7.79. The Kier molecular flexibility index (Phi) is 5.16. The van der Waals surface area contributed by atoms with Gasteiger partial charge in [0.05, 0.1) is 24.2 Å². The number of rotatable bonds is 6. The summed E-state index contributed by atoms with van der Waals surface area (Å²) in [6, 6.07) is 14.6. The van der Waals surface area contributed by atoms with Crippen molar-refractivity contribution >= 4 is 12.1 Å². The summed E-state index contributed by atoms with van der Waals surface area (Å²) in [6.07, 6.45) is 3.13. The number of hydrogen-bond donors (Lipinski definition) is 2. The van der Waals surface area contributed by atoms with Crippen LogP contribution in [0.15, 0.2) is 59.8 Å². The van der Waals surface area contributed by atoms with Gasteiger partial charge in [-0.3, -0.25) is 14.9 Å². The molecular weight excluding hydrogens is 318 g/mol. The van der Waals surface area contributed by atoms with Crippen molar-refractivity contribution in [2.45, 2.75) is 6.92 Å². The van der Waals surface area contributed by atoms with Gasteiger partial charge in [-0.1, -0.05) is 6.07 Å². The molecule has 0 aliphatic rings. The van der Waals surface area contributed by atoms with Gasteiger partial charge in [-0.05, 0) is 49.4 Å². The highest BCUT2D eigenvalue weighted by molar-refractivity contribution is 5.94. The second-order valence-corrected chi connectivity index (χ2v) is 5.08. The number of carbonyl (C=O) groups is 1. The molecule has 7 nitrogen and oxygen atoms in total. The fraction of sp³-hybridized carbons (Fsp3) is 0.111. The number of hydrogen-bond acceptors (Lipinski definition) is 5. The van der Waals surface area contributed by atoms with E-state index < -0.39 is 0 Å². The molecule has 1 aromatic carbocycles. The molecule has 25 heavy (non-hydrogen) atoms. The SMILES string of the molecule is CCOc1ccc(-c2cc(C(=O)NN=Cc3ccccn3)[nH]n2)cc1. The minimum Gasteiger partial charge on any atom is -0.494 e. The summed E-state index contributed by atoms with van der Waals surface area (Å²) in [6.45, 7) is 2.55. The molecule has 0 radical (unpaired) electrons. The van der Waals surface area contributed by atoms with Crippen molar-refractivity contribution in [2.24, 2.45) is 5.10 Å². The van der Waals surface area contributed by atoms with E-state index in [1.807, 2.05) is 43.3 Å². The van der Waals surface area contributed by atoms with Crippen molar-refractivity contribution in [3.05, 3.63) is 66.1 Å². The van der Waals surface area contributed by atoms with Crippen LogP contribution in [0.2, 0.25) is 0 Å². The summed E-state index contributed by atoms with van der Waals surface area (Å²) >= 11 is 0. The Morgan fingerprint density at radius 1 is 1.28 bits per heavy atom. The van der Waals surface area contributed by atoms with Gasteiger partial charge in [-0.15, -0.1) is 0 Å². The van der Waals surface area contributed by atoms with E-state index in [1.54, 1.807) is 18.3 Å². The lowest BCUT2D eigenvalue weighted by Crippen LogP contribution is -2.18. The molecule has 2 N–H and O–H groups in total. The van der Waals surface area contributed by atoms with Crippen LogP contribution < -0.4 is 10.2 Å². The van der Waals surface area contributed by atoms with Crippen molar-refractivity contribution in [1.82, 2.24) is 20.6 Å². The van der Waals surface area contributed by atoms with E-state index in [0.717, 1.165) is 11.3 Å². The van der Waals surface area contributed by atoms with E-state index in [2.05, 4.69) is 25.7 Å². The minimum atomic E-state index is -0.378. The normalized spacial score (nSPS) is 10.8. The number of pyridine rings is 1. The van der Waals surface area contributed by atoms with Crippen molar-refractivity contribution < 1.29 is 9.53 Å². The number of H-pyrrole nitrogens is 1. The van der Waals surface area contributed by atoms with Crippen LogP contribution in [0, 0.1) is 0 Å². The van der Waals surface area contributed by atoms with Gasteiger partial charge in [0, 0.05) is 11.8 Å². The second kappa shape index (κ2) is 7.87. The van der Waals surface area contributed by atoms with Crippen LogP contribution in [0.25, 0.3) is 11.3 Å². The first kappa shape index (κ1) is 16.4. The predicted octanol–water partition coefficient (Wildman–Crippen LogP) is 2.63. The molecule has 3 rings (SSSR count). The molecule has 0 bridgehead atoms. The Morgan fingerprint density at radius 3 is 2.84 bits per heavy atom. The largest absolute Gasteiger partial charge is 0.494 e. The topological polar surface area (TPSA) is 92.3 Å². The van der Waals surface area contributed by atoms with Crippen LogP contribution >= 0.6 is 0 Å². The van der Waals surface area contributed by atoms with Gasteiger partial charge >= 0.3 is 0 Å². The summed E-state index contributed by atoms with van der Waals surface area (Å²) in [7, 11) is 0. The van der Waals surface area contributed by atoms with Crippen LogP contribution in [-0.2, 0) is 0 Å². The number of nitrogens with zero attached hydrogens (tertiary/aromatic N) is 3. The fourth-order valence-electron chi connectivity index (χ4n) is 2.14. The Morgan fingerprint density at radius 2 is 2.12 bits per heavy atom. The minimum absolute atomic E-state index is 0.321. The van der Waals surface area contributed by atoms with Crippen LogP contribution in [0.5, 0.6) is 5.75 Å². The van der Waals surface area contributed by atoms with Crippen molar-refractivity contribution in [3.8, 4) is 17.0 Å². The standard InChI is InChI=1S/C18H17N5O2/c1-2-25-15-8-6-13(7-9-15)16-11-17(22-21-16)18(24)23-20-12-14-5-3-4-10-19-14/h3-12H,2H2,1H3,(H,21,22)(H,23,24). The van der Waals surface area contributed by atoms with Gasteiger partial charge in [-0.25, -0.2) is 5.43 Å². The van der Waals surface area contributed by atoms with E-state index in [9.17, 15) is 4.79 Å². The highest BCUT2D eigenvalue weighted by atomic mass is 16.5. The number of aromatic amines is 1. The maximum absolute atomic E-state index is 12.1. The molecule has 0 spiro atoms. The number of hydrazone groups is 1. The lowest BCUT2D eigenvalue weighted by molar-refractivity contribution is 0.0950. The zero-order chi connectivity index (χ0) is 17.5. The molecule has 0 atom stereocenters. The maximum atomic E-state index is 12.1. The second-order valence-electron chi connectivity index (χ2n) is 5.08. The van der Waals surface area contributed by atoms with Gasteiger partial charge in [0.2, 0.25) is 0 Å². The molecule has 0 saturated carbocycles. The highest BCUT2D eigenvalue weighted by Gasteiger charge is 2.10. The number of nitrogens with one attached hydrogen (secondary N) is 2. The average Bonchev–Trinajstić information content (AvgIpc) is 3.14. The lowest BCUT2D eigenvalue weighted by atomic mass is 10.1. The molecule has 0 saturated heterocycles. The smallest absolute Gasteiger partial charge is 0.289 e. The molecular formula is C18H17N5O2. The van der Waals surface area contributed by atoms with Crippen LogP contribution in [0.4, 0.5) is 0 Å². The van der Waals surface area contributed by atoms with Crippen LogP contribution in [0.3, 0.4) is 0 Å². The summed E-state index contributed by atoms with van der Waals surface area (Å²) in [4.78, 5) is 16.2. The number of ether oxygens (including phenoxy) is 1.